The fourth-order valence-corrected chi connectivity index (χ4v) is 2.96. The molecule has 0 radical (unpaired) electrons. The van der Waals surface area contributed by atoms with Crippen molar-refractivity contribution in [2.45, 2.75) is 45.7 Å². The van der Waals surface area contributed by atoms with Gasteiger partial charge in [0.25, 0.3) is 0 Å². The molecule has 0 aromatic heterocycles. The molecule has 19 heavy (non-hydrogen) atoms. The maximum atomic E-state index is 12.0. The van der Waals surface area contributed by atoms with Crippen LogP contribution in [-0.2, 0) is 14.8 Å². The second kappa shape index (κ2) is 6.67. The van der Waals surface area contributed by atoms with E-state index in [9.17, 15) is 13.2 Å². The largest absolute Gasteiger partial charge is 0.341 e. The van der Waals surface area contributed by atoms with E-state index in [1.54, 1.807) is 11.8 Å². The lowest BCUT2D eigenvalue weighted by Crippen LogP contribution is -2.52. The summed E-state index contributed by atoms with van der Waals surface area (Å²) in [5.41, 5.74) is 5.85. The van der Waals surface area contributed by atoms with Crippen LogP contribution in [0, 0.1) is 5.92 Å². The minimum absolute atomic E-state index is 0.0354. The highest BCUT2D eigenvalue weighted by atomic mass is 32.2. The summed E-state index contributed by atoms with van der Waals surface area (Å²) in [6.45, 7) is 6.59. The highest BCUT2D eigenvalue weighted by molar-refractivity contribution is 7.89. The number of amides is 1. The summed E-state index contributed by atoms with van der Waals surface area (Å²) in [5.74, 6) is 0.167. The van der Waals surface area contributed by atoms with Crippen LogP contribution in [0.25, 0.3) is 0 Å². The highest BCUT2D eigenvalue weighted by Gasteiger charge is 2.28. The molecule has 1 rings (SSSR count). The van der Waals surface area contributed by atoms with Crippen molar-refractivity contribution in [2.24, 2.45) is 11.7 Å². The molecule has 112 valence electrons. The summed E-state index contributed by atoms with van der Waals surface area (Å²) in [7, 11) is -3.16. The summed E-state index contributed by atoms with van der Waals surface area (Å²) in [5, 5.41) is 0. The van der Waals surface area contributed by atoms with E-state index >= 15 is 0 Å². The van der Waals surface area contributed by atoms with Crippen molar-refractivity contribution in [3.8, 4) is 0 Å². The van der Waals surface area contributed by atoms with Crippen molar-refractivity contribution >= 4 is 15.9 Å². The predicted octanol–water partition coefficient (Wildman–Crippen LogP) is -0.1000. The smallest absolute Gasteiger partial charge is 0.239 e. The first kappa shape index (κ1) is 16.4. The molecule has 1 unspecified atom stereocenters. The number of rotatable bonds is 5. The number of hydrogen-bond acceptors (Lipinski definition) is 4. The van der Waals surface area contributed by atoms with E-state index in [1.165, 1.54) is 0 Å². The van der Waals surface area contributed by atoms with Gasteiger partial charge in [0.1, 0.15) is 0 Å². The Morgan fingerprint density at radius 1 is 1.37 bits per heavy atom. The van der Waals surface area contributed by atoms with Gasteiger partial charge in [-0.25, -0.2) is 13.1 Å². The number of carbonyl (C=O) groups is 1. The van der Waals surface area contributed by atoms with Gasteiger partial charge in [0.2, 0.25) is 15.9 Å². The van der Waals surface area contributed by atoms with Crippen LogP contribution in [0.15, 0.2) is 0 Å². The molecule has 1 aliphatic heterocycles. The molecule has 1 aliphatic rings. The fourth-order valence-electron chi connectivity index (χ4n) is 2.05. The highest BCUT2D eigenvalue weighted by Crippen LogP contribution is 2.14. The van der Waals surface area contributed by atoms with Gasteiger partial charge >= 0.3 is 0 Å². The molecule has 7 heteroatoms. The van der Waals surface area contributed by atoms with Gasteiger partial charge in [0, 0.05) is 19.1 Å². The van der Waals surface area contributed by atoms with Crippen LogP contribution in [0.3, 0.4) is 0 Å². The van der Waals surface area contributed by atoms with Gasteiger partial charge in [-0.3, -0.25) is 4.79 Å². The normalized spacial score (nSPS) is 19.7. The molecule has 0 bridgehead atoms. The van der Waals surface area contributed by atoms with Gasteiger partial charge in [-0.1, -0.05) is 13.8 Å². The first-order valence-electron chi connectivity index (χ1n) is 6.81. The summed E-state index contributed by atoms with van der Waals surface area (Å²) in [4.78, 5) is 13.8. The number of nitrogens with two attached hydrogens (primary N) is 1. The molecule has 1 atom stereocenters. The topological polar surface area (TPSA) is 92.5 Å². The third kappa shape index (κ3) is 4.74. The van der Waals surface area contributed by atoms with E-state index in [1.807, 2.05) is 13.8 Å². The Labute approximate surface area is 115 Å². The van der Waals surface area contributed by atoms with E-state index in [2.05, 4.69) is 4.72 Å². The molecule has 1 saturated heterocycles. The molecule has 0 saturated carbocycles. The zero-order chi connectivity index (χ0) is 14.6. The quantitative estimate of drug-likeness (QED) is 0.740. The molecule has 1 amide bonds. The summed E-state index contributed by atoms with van der Waals surface area (Å²) >= 11 is 0. The number of nitrogens with one attached hydrogen (secondary N) is 1. The van der Waals surface area contributed by atoms with Crippen LogP contribution in [0.5, 0.6) is 0 Å². The van der Waals surface area contributed by atoms with Gasteiger partial charge in [0.15, 0.2) is 0 Å². The molecular formula is C12H25N3O3S. The number of hydrogen-bond donors (Lipinski definition) is 2. The third-order valence-corrected chi connectivity index (χ3v) is 4.99. The average molecular weight is 291 g/mol. The van der Waals surface area contributed by atoms with Crippen molar-refractivity contribution in [2.75, 3.05) is 18.8 Å². The lowest BCUT2D eigenvalue weighted by Gasteiger charge is -2.34. The molecule has 0 aromatic rings. The molecule has 3 N–H and O–H groups in total. The predicted molar refractivity (Wildman–Crippen MR) is 75.0 cm³/mol. The van der Waals surface area contributed by atoms with E-state index in [0.717, 1.165) is 0 Å². The summed E-state index contributed by atoms with van der Waals surface area (Å²) in [6, 6.07) is -0.534. The molecule has 0 spiro atoms. The second-order valence-corrected chi connectivity index (χ2v) is 7.43. The maximum Gasteiger partial charge on any atom is 0.239 e. The van der Waals surface area contributed by atoms with E-state index < -0.39 is 16.1 Å². The molecule has 1 fully saturated rings. The molecule has 0 aromatic carbocycles. The molecular weight excluding hydrogens is 266 g/mol. The first-order chi connectivity index (χ1) is 8.76. The molecule has 0 aliphatic carbocycles. The number of sulfonamides is 1. The Kier molecular flexibility index (Phi) is 5.76. The Balaban J connectivity index is 2.47. The lowest BCUT2D eigenvalue weighted by molar-refractivity contribution is -0.134. The lowest BCUT2D eigenvalue weighted by atomic mass is 10.0. The number of piperidine rings is 1. The van der Waals surface area contributed by atoms with Crippen LogP contribution >= 0.6 is 0 Å². The van der Waals surface area contributed by atoms with Crippen molar-refractivity contribution < 1.29 is 13.2 Å². The Bertz CT molecular complexity index is 400. The average Bonchev–Trinajstić information content (AvgIpc) is 2.37. The minimum Gasteiger partial charge on any atom is -0.341 e. The van der Waals surface area contributed by atoms with Crippen molar-refractivity contribution in [3.05, 3.63) is 0 Å². The zero-order valence-corrected chi connectivity index (χ0v) is 12.7. The number of likely N-dealkylation sites (tertiary alicyclic amines) is 1. The fraction of sp³-hybridized carbons (Fsp3) is 0.917. The van der Waals surface area contributed by atoms with Crippen molar-refractivity contribution in [3.63, 3.8) is 0 Å². The van der Waals surface area contributed by atoms with Gasteiger partial charge < -0.3 is 10.6 Å². The van der Waals surface area contributed by atoms with Crippen LogP contribution in [0.4, 0.5) is 0 Å². The SMILES string of the molecule is CCS(=O)(=O)NC1CCN(C(=O)C(N)C(C)C)CC1. The molecule has 6 nitrogen and oxygen atoms in total. The third-order valence-electron chi connectivity index (χ3n) is 3.54. The first-order valence-corrected chi connectivity index (χ1v) is 8.46. The Morgan fingerprint density at radius 2 is 1.89 bits per heavy atom. The van der Waals surface area contributed by atoms with Gasteiger partial charge in [-0.05, 0) is 25.7 Å². The van der Waals surface area contributed by atoms with Gasteiger partial charge in [0.05, 0.1) is 11.8 Å². The monoisotopic (exact) mass is 291 g/mol. The van der Waals surface area contributed by atoms with Crippen LogP contribution < -0.4 is 10.5 Å². The number of carbonyl (C=O) groups excluding carboxylic acids is 1. The zero-order valence-electron chi connectivity index (χ0n) is 11.9. The summed E-state index contributed by atoms with van der Waals surface area (Å²) in [6.07, 6.45) is 1.30. The van der Waals surface area contributed by atoms with Crippen LogP contribution in [0.1, 0.15) is 33.6 Å². The second-order valence-electron chi connectivity index (χ2n) is 5.39. The van der Waals surface area contributed by atoms with Crippen molar-refractivity contribution in [1.29, 1.82) is 0 Å². The Morgan fingerprint density at radius 3 is 2.32 bits per heavy atom. The van der Waals surface area contributed by atoms with Crippen molar-refractivity contribution in [1.82, 2.24) is 9.62 Å². The standard InChI is InChI=1S/C12H25N3O3S/c1-4-19(17,18)14-10-5-7-15(8-6-10)12(16)11(13)9(2)3/h9-11,14H,4-8,13H2,1-3H3. The van der Waals surface area contributed by atoms with Gasteiger partial charge in [-0.2, -0.15) is 0 Å². The van der Waals surface area contributed by atoms with E-state index in [-0.39, 0.29) is 23.6 Å². The Hall–Kier alpha value is -0.660. The maximum absolute atomic E-state index is 12.0. The van der Waals surface area contributed by atoms with E-state index in [4.69, 9.17) is 5.73 Å². The van der Waals surface area contributed by atoms with Crippen LogP contribution in [-0.4, -0.2) is 50.2 Å². The minimum atomic E-state index is -3.16. The number of nitrogens with zero attached hydrogens (tertiary/aromatic N) is 1. The summed E-state index contributed by atoms with van der Waals surface area (Å²) < 4.78 is 25.6. The van der Waals surface area contributed by atoms with Gasteiger partial charge in [-0.15, -0.1) is 0 Å². The van der Waals surface area contributed by atoms with E-state index in [0.29, 0.717) is 25.9 Å². The van der Waals surface area contributed by atoms with Crippen LogP contribution in [0.2, 0.25) is 0 Å². The molecule has 1 heterocycles.